The summed E-state index contributed by atoms with van der Waals surface area (Å²) in [5.74, 6) is 0. The molecule has 0 bridgehead atoms. The zero-order valence-electron chi connectivity index (χ0n) is 10.0. The molecule has 1 aliphatic rings. The summed E-state index contributed by atoms with van der Waals surface area (Å²) in [6.45, 7) is 0.618. The Kier molecular flexibility index (Phi) is 4.60. The minimum Gasteiger partial charge on any atom is -0.423 e. The van der Waals surface area contributed by atoms with Crippen LogP contribution in [-0.2, 0) is 11.3 Å². The highest BCUT2D eigenvalue weighted by Gasteiger charge is 2.14. The SMILES string of the molecule is OB(O)c1ccc(COC2CCCCC2)cc1. The molecule has 0 amide bonds. The fourth-order valence-corrected chi connectivity index (χ4v) is 2.23. The van der Waals surface area contributed by atoms with Gasteiger partial charge in [0.05, 0.1) is 12.7 Å². The summed E-state index contributed by atoms with van der Waals surface area (Å²) < 4.78 is 5.84. The van der Waals surface area contributed by atoms with Gasteiger partial charge in [-0.05, 0) is 23.9 Å². The normalized spacial score (nSPS) is 17.1. The van der Waals surface area contributed by atoms with Crippen molar-refractivity contribution in [2.75, 3.05) is 0 Å². The van der Waals surface area contributed by atoms with Crippen LogP contribution in [0.4, 0.5) is 0 Å². The van der Waals surface area contributed by atoms with Gasteiger partial charge in [0.1, 0.15) is 0 Å². The van der Waals surface area contributed by atoms with Gasteiger partial charge in [0.15, 0.2) is 0 Å². The monoisotopic (exact) mass is 234 g/mol. The molecule has 0 atom stereocenters. The summed E-state index contributed by atoms with van der Waals surface area (Å²) in [4.78, 5) is 0. The zero-order valence-corrected chi connectivity index (χ0v) is 10.0. The fraction of sp³-hybridized carbons (Fsp3) is 0.538. The van der Waals surface area contributed by atoms with Gasteiger partial charge >= 0.3 is 7.12 Å². The van der Waals surface area contributed by atoms with Gasteiger partial charge in [-0.3, -0.25) is 0 Å². The van der Waals surface area contributed by atoms with E-state index in [9.17, 15) is 0 Å². The van der Waals surface area contributed by atoms with Crippen molar-refractivity contribution >= 4 is 12.6 Å². The smallest absolute Gasteiger partial charge is 0.423 e. The predicted octanol–water partition coefficient (Wildman–Crippen LogP) is 1.22. The van der Waals surface area contributed by atoms with Gasteiger partial charge in [0.25, 0.3) is 0 Å². The molecule has 0 radical (unpaired) electrons. The molecule has 0 aromatic heterocycles. The van der Waals surface area contributed by atoms with Crippen molar-refractivity contribution in [1.82, 2.24) is 0 Å². The number of rotatable bonds is 4. The van der Waals surface area contributed by atoms with Crippen LogP contribution in [0.2, 0.25) is 0 Å². The van der Waals surface area contributed by atoms with Crippen LogP contribution in [0.15, 0.2) is 24.3 Å². The lowest BCUT2D eigenvalue weighted by Crippen LogP contribution is -2.29. The van der Waals surface area contributed by atoms with Crippen LogP contribution in [0, 0.1) is 0 Å². The second-order valence-corrected chi connectivity index (χ2v) is 4.69. The molecule has 2 rings (SSSR count). The first-order valence-electron chi connectivity index (χ1n) is 6.32. The van der Waals surface area contributed by atoms with E-state index < -0.39 is 7.12 Å². The van der Waals surface area contributed by atoms with Crippen molar-refractivity contribution in [3.05, 3.63) is 29.8 Å². The molecule has 17 heavy (non-hydrogen) atoms. The van der Waals surface area contributed by atoms with E-state index in [2.05, 4.69) is 0 Å². The van der Waals surface area contributed by atoms with Crippen LogP contribution in [0.1, 0.15) is 37.7 Å². The molecule has 3 nitrogen and oxygen atoms in total. The Balaban J connectivity index is 1.82. The van der Waals surface area contributed by atoms with E-state index in [1.165, 1.54) is 32.1 Å². The molecule has 0 aliphatic heterocycles. The second kappa shape index (κ2) is 6.19. The van der Waals surface area contributed by atoms with Crippen LogP contribution in [0.5, 0.6) is 0 Å². The predicted molar refractivity (Wildman–Crippen MR) is 67.9 cm³/mol. The standard InChI is InChI=1S/C13H19BO3/c15-14(16)12-8-6-11(7-9-12)10-17-13-4-2-1-3-5-13/h6-9,13,15-16H,1-5,10H2. The van der Waals surface area contributed by atoms with E-state index in [0.717, 1.165) is 5.56 Å². The molecule has 1 aromatic rings. The molecule has 0 heterocycles. The van der Waals surface area contributed by atoms with Gasteiger partial charge in [0, 0.05) is 0 Å². The summed E-state index contributed by atoms with van der Waals surface area (Å²) in [6.07, 6.45) is 6.65. The minimum absolute atomic E-state index is 0.409. The topological polar surface area (TPSA) is 49.7 Å². The third-order valence-electron chi connectivity index (χ3n) is 3.32. The van der Waals surface area contributed by atoms with E-state index in [1.807, 2.05) is 12.1 Å². The molecule has 0 saturated heterocycles. The first kappa shape index (κ1) is 12.6. The van der Waals surface area contributed by atoms with Crippen LogP contribution in [-0.4, -0.2) is 23.3 Å². The average Bonchev–Trinajstić information content (AvgIpc) is 2.38. The zero-order chi connectivity index (χ0) is 12.1. The molecular formula is C13H19BO3. The average molecular weight is 234 g/mol. The summed E-state index contributed by atoms with van der Waals surface area (Å²) >= 11 is 0. The van der Waals surface area contributed by atoms with Crippen LogP contribution < -0.4 is 5.46 Å². The second-order valence-electron chi connectivity index (χ2n) is 4.69. The maximum atomic E-state index is 8.97. The molecule has 92 valence electrons. The van der Waals surface area contributed by atoms with E-state index >= 15 is 0 Å². The van der Waals surface area contributed by atoms with Gasteiger partial charge in [-0.25, -0.2) is 0 Å². The fourth-order valence-electron chi connectivity index (χ4n) is 2.23. The van der Waals surface area contributed by atoms with Gasteiger partial charge in [-0.2, -0.15) is 0 Å². The third-order valence-corrected chi connectivity index (χ3v) is 3.32. The van der Waals surface area contributed by atoms with Crippen LogP contribution >= 0.6 is 0 Å². The number of hydrogen-bond donors (Lipinski definition) is 2. The van der Waals surface area contributed by atoms with Gasteiger partial charge in [-0.15, -0.1) is 0 Å². The first-order valence-corrected chi connectivity index (χ1v) is 6.32. The van der Waals surface area contributed by atoms with Gasteiger partial charge in [-0.1, -0.05) is 43.5 Å². The number of benzene rings is 1. The quantitative estimate of drug-likeness (QED) is 0.770. The Morgan fingerprint density at radius 1 is 1.06 bits per heavy atom. The largest absolute Gasteiger partial charge is 0.488 e. The van der Waals surface area contributed by atoms with Crippen LogP contribution in [0.25, 0.3) is 0 Å². The van der Waals surface area contributed by atoms with Crippen molar-refractivity contribution in [3.63, 3.8) is 0 Å². The maximum absolute atomic E-state index is 8.97. The molecule has 4 heteroatoms. The Morgan fingerprint density at radius 3 is 2.29 bits per heavy atom. The van der Waals surface area contributed by atoms with Crippen LogP contribution in [0.3, 0.4) is 0 Å². The van der Waals surface area contributed by atoms with Crippen molar-refractivity contribution in [2.24, 2.45) is 0 Å². The van der Waals surface area contributed by atoms with Crippen molar-refractivity contribution in [3.8, 4) is 0 Å². The molecule has 1 saturated carbocycles. The lowest BCUT2D eigenvalue weighted by Gasteiger charge is -2.22. The lowest BCUT2D eigenvalue weighted by atomic mass is 9.80. The van der Waals surface area contributed by atoms with Gasteiger partial charge in [0.2, 0.25) is 0 Å². The van der Waals surface area contributed by atoms with Crippen molar-refractivity contribution in [1.29, 1.82) is 0 Å². The summed E-state index contributed by atoms with van der Waals surface area (Å²) in [6, 6.07) is 7.23. The Labute approximate surface area is 103 Å². The third kappa shape index (κ3) is 3.84. The Bertz CT molecular complexity index is 331. The molecule has 0 unspecified atom stereocenters. The van der Waals surface area contributed by atoms with E-state index in [1.54, 1.807) is 12.1 Å². The number of hydrogen-bond acceptors (Lipinski definition) is 3. The molecular weight excluding hydrogens is 215 g/mol. The molecule has 1 aliphatic carbocycles. The maximum Gasteiger partial charge on any atom is 0.488 e. The van der Waals surface area contributed by atoms with Crippen molar-refractivity contribution < 1.29 is 14.8 Å². The van der Waals surface area contributed by atoms with E-state index in [0.29, 0.717) is 18.2 Å². The first-order chi connectivity index (χ1) is 8.25. The molecule has 1 aromatic carbocycles. The lowest BCUT2D eigenvalue weighted by molar-refractivity contribution is 0.0169. The van der Waals surface area contributed by atoms with Gasteiger partial charge < -0.3 is 14.8 Å². The van der Waals surface area contributed by atoms with Crippen molar-refractivity contribution in [2.45, 2.75) is 44.8 Å². The molecule has 1 fully saturated rings. The Hall–Kier alpha value is -0.835. The minimum atomic E-state index is -1.39. The summed E-state index contributed by atoms with van der Waals surface area (Å²) in [7, 11) is -1.39. The molecule has 2 N–H and O–H groups in total. The highest BCUT2D eigenvalue weighted by atomic mass is 16.5. The number of ether oxygens (including phenoxy) is 1. The van der Waals surface area contributed by atoms with E-state index in [4.69, 9.17) is 14.8 Å². The Morgan fingerprint density at radius 2 is 1.71 bits per heavy atom. The summed E-state index contributed by atoms with van der Waals surface area (Å²) in [5.41, 5.74) is 1.60. The highest BCUT2D eigenvalue weighted by Crippen LogP contribution is 2.21. The highest BCUT2D eigenvalue weighted by molar-refractivity contribution is 6.58. The summed E-state index contributed by atoms with van der Waals surface area (Å²) in [5, 5.41) is 17.9. The van der Waals surface area contributed by atoms with E-state index in [-0.39, 0.29) is 0 Å². The molecule has 0 spiro atoms.